The van der Waals surface area contributed by atoms with E-state index in [2.05, 4.69) is 32.7 Å². The van der Waals surface area contributed by atoms with Gasteiger partial charge in [0.15, 0.2) is 0 Å². The fourth-order valence-electron chi connectivity index (χ4n) is 4.86. The van der Waals surface area contributed by atoms with E-state index in [4.69, 9.17) is 0 Å². The molecule has 1 unspecified atom stereocenters. The van der Waals surface area contributed by atoms with Crippen molar-refractivity contribution in [3.8, 4) is 0 Å². The molecule has 1 saturated carbocycles. The zero-order chi connectivity index (χ0) is 18.4. The first-order valence-electron chi connectivity index (χ1n) is 10.0. The lowest BCUT2D eigenvalue weighted by Crippen LogP contribution is -2.39. The topological polar surface area (TPSA) is 62.2 Å². The molecule has 3 heterocycles. The molecule has 1 aliphatic carbocycles. The number of amides is 1. The smallest absolute Gasteiger partial charge is 0.254 e. The number of carbonyl (C=O) groups excluding carboxylic acids is 1. The van der Waals surface area contributed by atoms with Crippen LogP contribution in [0.25, 0.3) is 0 Å². The van der Waals surface area contributed by atoms with Crippen LogP contribution < -0.4 is 10.6 Å². The molecule has 1 aromatic carbocycles. The number of nitrogens with zero attached hydrogens (tertiary/aromatic N) is 3. The maximum absolute atomic E-state index is 13.5. The minimum absolute atomic E-state index is 0.146. The Kier molecular flexibility index (Phi) is 3.97. The van der Waals surface area contributed by atoms with Crippen LogP contribution in [-0.4, -0.2) is 46.0 Å². The quantitative estimate of drug-likeness (QED) is 0.872. The summed E-state index contributed by atoms with van der Waals surface area (Å²) in [5.74, 6) is 1.09. The van der Waals surface area contributed by atoms with E-state index >= 15 is 0 Å². The minimum Gasteiger partial charge on any atom is -0.384 e. The van der Waals surface area contributed by atoms with Crippen molar-refractivity contribution in [2.45, 2.75) is 38.3 Å². The van der Waals surface area contributed by atoms with Gasteiger partial charge in [0.25, 0.3) is 5.91 Å². The average Bonchev–Trinajstić information content (AvgIpc) is 3.02. The molecule has 1 aromatic heterocycles. The molecule has 1 atom stereocenters. The second-order valence-corrected chi connectivity index (χ2v) is 8.27. The van der Waals surface area contributed by atoms with E-state index in [0.717, 1.165) is 56.7 Å². The van der Waals surface area contributed by atoms with E-state index < -0.39 is 0 Å². The number of hydrogen-bond donors (Lipinski definition) is 2. The molecule has 2 N–H and O–H groups in total. The predicted octanol–water partition coefficient (Wildman–Crippen LogP) is 2.17. The molecule has 2 aliphatic heterocycles. The zero-order valence-electron chi connectivity index (χ0n) is 15.9. The maximum Gasteiger partial charge on any atom is 0.254 e. The Balaban J connectivity index is 1.44. The summed E-state index contributed by atoms with van der Waals surface area (Å²) < 4.78 is 2.02. The standard InChI is InChI=1S/C21H27N5O/c1-25-11-10-24-19(25)14-26(18-13-21(18)5-8-22-9-6-21)20(27)16-2-3-17-15(12-16)4-7-23-17/h2-3,10-12,18,22-23H,4-9,13-14H2,1H3. The van der Waals surface area contributed by atoms with Gasteiger partial charge in [-0.05, 0) is 68.0 Å². The van der Waals surface area contributed by atoms with E-state index in [9.17, 15) is 4.79 Å². The average molecular weight is 365 g/mol. The molecule has 2 fully saturated rings. The SMILES string of the molecule is Cn1ccnc1CN(C(=O)c1ccc2c(c1)CCN2)C1CC12CCNCC2. The third kappa shape index (κ3) is 2.92. The summed E-state index contributed by atoms with van der Waals surface area (Å²) in [6, 6.07) is 6.44. The Morgan fingerprint density at radius 1 is 1.33 bits per heavy atom. The van der Waals surface area contributed by atoms with E-state index in [1.54, 1.807) is 0 Å². The van der Waals surface area contributed by atoms with Gasteiger partial charge >= 0.3 is 0 Å². The van der Waals surface area contributed by atoms with Crippen LogP contribution in [0.4, 0.5) is 5.69 Å². The predicted molar refractivity (Wildman–Crippen MR) is 105 cm³/mol. The Hall–Kier alpha value is -2.34. The number of aromatic nitrogens is 2. The van der Waals surface area contributed by atoms with Crippen molar-refractivity contribution in [3.63, 3.8) is 0 Å². The molecular weight excluding hydrogens is 338 g/mol. The van der Waals surface area contributed by atoms with E-state index in [-0.39, 0.29) is 5.91 Å². The van der Waals surface area contributed by atoms with Gasteiger partial charge in [-0.2, -0.15) is 0 Å². The molecule has 3 aliphatic rings. The summed E-state index contributed by atoms with van der Waals surface area (Å²) in [6.07, 6.45) is 8.21. The molecule has 27 heavy (non-hydrogen) atoms. The molecule has 6 nitrogen and oxygen atoms in total. The summed E-state index contributed by atoms with van der Waals surface area (Å²) in [4.78, 5) is 20.1. The van der Waals surface area contributed by atoms with Crippen LogP contribution in [0.2, 0.25) is 0 Å². The summed E-state index contributed by atoms with van der Waals surface area (Å²) in [6.45, 7) is 3.66. The fourth-order valence-corrected chi connectivity index (χ4v) is 4.86. The van der Waals surface area contributed by atoms with Crippen LogP contribution in [0.1, 0.15) is 41.0 Å². The van der Waals surface area contributed by atoms with Gasteiger partial charge in [0.1, 0.15) is 5.82 Å². The summed E-state index contributed by atoms with van der Waals surface area (Å²) in [7, 11) is 2.00. The highest BCUT2D eigenvalue weighted by Gasteiger charge is 2.58. The largest absolute Gasteiger partial charge is 0.384 e. The number of rotatable bonds is 4. The molecule has 1 spiro atoms. The second-order valence-electron chi connectivity index (χ2n) is 8.27. The molecule has 2 aromatic rings. The fraction of sp³-hybridized carbons (Fsp3) is 0.524. The molecule has 1 amide bonds. The van der Waals surface area contributed by atoms with Crippen LogP contribution in [0.5, 0.6) is 0 Å². The van der Waals surface area contributed by atoms with E-state index in [0.29, 0.717) is 18.0 Å². The van der Waals surface area contributed by atoms with Gasteiger partial charge in [0.2, 0.25) is 0 Å². The monoisotopic (exact) mass is 365 g/mol. The van der Waals surface area contributed by atoms with Gasteiger partial charge in [0, 0.05) is 43.3 Å². The lowest BCUT2D eigenvalue weighted by molar-refractivity contribution is 0.0685. The third-order valence-electron chi connectivity index (χ3n) is 6.68. The van der Waals surface area contributed by atoms with Crippen molar-refractivity contribution < 1.29 is 4.79 Å². The summed E-state index contributed by atoms with van der Waals surface area (Å²) in [5, 5.41) is 6.83. The van der Waals surface area contributed by atoms with E-state index in [1.165, 1.54) is 11.3 Å². The first kappa shape index (κ1) is 16.8. The highest BCUT2D eigenvalue weighted by Crippen LogP contribution is 2.56. The van der Waals surface area contributed by atoms with Crippen LogP contribution >= 0.6 is 0 Å². The first-order valence-corrected chi connectivity index (χ1v) is 10.0. The molecule has 6 heteroatoms. The van der Waals surface area contributed by atoms with Crippen LogP contribution in [0, 0.1) is 5.41 Å². The lowest BCUT2D eigenvalue weighted by Gasteiger charge is -2.29. The number of aryl methyl sites for hydroxylation is 1. The second kappa shape index (κ2) is 6.37. The molecule has 142 valence electrons. The Morgan fingerprint density at radius 3 is 2.96 bits per heavy atom. The molecule has 0 bridgehead atoms. The van der Waals surface area contributed by atoms with Crippen molar-refractivity contribution >= 4 is 11.6 Å². The third-order valence-corrected chi connectivity index (χ3v) is 6.68. The van der Waals surface area contributed by atoms with Crippen molar-refractivity contribution in [2.24, 2.45) is 12.5 Å². The number of benzene rings is 1. The van der Waals surface area contributed by atoms with Gasteiger partial charge < -0.3 is 20.1 Å². The molecule has 1 saturated heterocycles. The van der Waals surface area contributed by atoms with E-state index in [1.807, 2.05) is 30.1 Å². The summed E-state index contributed by atoms with van der Waals surface area (Å²) >= 11 is 0. The number of carbonyl (C=O) groups is 1. The van der Waals surface area contributed by atoms with Gasteiger partial charge in [-0.1, -0.05) is 0 Å². The Morgan fingerprint density at radius 2 is 2.19 bits per heavy atom. The van der Waals surface area contributed by atoms with Crippen molar-refractivity contribution in [3.05, 3.63) is 47.5 Å². The molecule has 0 radical (unpaired) electrons. The highest BCUT2D eigenvalue weighted by molar-refractivity contribution is 5.95. The van der Waals surface area contributed by atoms with Crippen molar-refractivity contribution in [1.82, 2.24) is 19.8 Å². The Labute approximate surface area is 160 Å². The van der Waals surface area contributed by atoms with Crippen molar-refractivity contribution in [2.75, 3.05) is 25.0 Å². The number of piperidine rings is 1. The van der Waals surface area contributed by atoms with Crippen molar-refractivity contribution in [1.29, 1.82) is 0 Å². The first-order chi connectivity index (χ1) is 13.2. The van der Waals surface area contributed by atoms with Gasteiger partial charge in [0.05, 0.1) is 6.54 Å². The number of anilines is 1. The lowest BCUT2D eigenvalue weighted by atomic mass is 9.93. The maximum atomic E-state index is 13.5. The molecular formula is C21H27N5O. The number of imidazole rings is 1. The van der Waals surface area contributed by atoms with Gasteiger partial charge in [-0.25, -0.2) is 4.98 Å². The highest BCUT2D eigenvalue weighted by atomic mass is 16.2. The van der Waals surface area contributed by atoms with Gasteiger partial charge in [-0.15, -0.1) is 0 Å². The van der Waals surface area contributed by atoms with Crippen LogP contribution in [0.3, 0.4) is 0 Å². The number of hydrogen-bond acceptors (Lipinski definition) is 4. The Bertz CT molecular complexity index is 867. The molecule has 5 rings (SSSR count). The van der Waals surface area contributed by atoms with Crippen LogP contribution in [-0.2, 0) is 20.0 Å². The number of nitrogens with one attached hydrogen (secondary N) is 2. The number of fused-ring (bicyclic) bond motifs is 1. The minimum atomic E-state index is 0.146. The van der Waals surface area contributed by atoms with Gasteiger partial charge in [-0.3, -0.25) is 4.79 Å². The summed E-state index contributed by atoms with van der Waals surface area (Å²) in [5.41, 5.74) is 3.54. The zero-order valence-corrected chi connectivity index (χ0v) is 15.9. The normalized spacial score (nSPS) is 22.3. The van der Waals surface area contributed by atoms with Crippen LogP contribution in [0.15, 0.2) is 30.6 Å².